The molecule has 2 atom stereocenters. The van der Waals surface area contributed by atoms with Gasteiger partial charge >= 0.3 is 6.03 Å². The average Bonchev–Trinajstić information content (AvgIpc) is 3.51. The monoisotopic (exact) mass is 502 g/mol. The molecule has 1 aliphatic rings. The molecule has 0 aliphatic carbocycles. The molecule has 1 fully saturated rings. The SMILES string of the molecule is CCNC(=O)Nc1nc2c(-c3ncccn3)cc(-c3ccc(CN4C[C@H](OC)[C@@H](OC)C4)nc3)cc2[nH]1. The van der Waals surface area contributed by atoms with Crippen molar-refractivity contribution >= 4 is 23.0 Å². The van der Waals surface area contributed by atoms with Crippen LogP contribution in [0.3, 0.4) is 0 Å². The molecule has 37 heavy (non-hydrogen) atoms. The second-order valence-corrected chi connectivity index (χ2v) is 8.84. The van der Waals surface area contributed by atoms with Crippen molar-refractivity contribution in [1.82, 2.24) is 35.1 Å². The minimum Gasteiger partial charge on any atom is -0.377 e. The van der Waals surface area contributed by atoms with Gasteiger partial charge < -0.3 is 19.8 Å². The number of hydrogen-bond donors (Lipinski definition) is 3. The minimum atomic E-state index is -0.328. The zero-order valence-corrected chi connectivity index (χ0v) is 21.1. The Morgan fingerprint density at radius 3 is 2.49 bits per heavy atom. The molecule has 0 radical (unpaired) electrons. The lowest BCUT2D eigenvalue weighted by molar-refractivity contribution is -0.00461. The maximum atomic E-state index is 12.0. The molecule has 2 amide bonds. The van der Waals surface area contributed by atoms with E-state index in [9.17, 15) is 4.79 Å². The van der Waals surface area contributed by atoms with Crippen LogP contribution in [0.25, 0.3) is 33.5 Å². The topological polar surface area (TPSA) is 130 Å². The van der Waals surface area contributed by atoms with Crippen LogP contribution < -0.4 is 10.6 Å². The van der Waals surface area contributed by atoms with E-state index in [-0.39, 0.29) is 18.2 Å². The molecule has 0 spiro atoms. The Labute approximate surface area is 214 Å². The van der Waals surface area contributed by atoms with E-state index in [1.165, 1.54) is 0 Å². The van der Waals surface area contributed by atoms with Crippen molar-refractivity contribution in [1.29, 1.82) is 0 Å². The predicted molar refractivity (Wildman–Crippen MR) is 140 cm³/mol. The van der Waals surface area contributed by atoms with Gasteiger partial charge in [0, 0.05) is 70.1 Å². The predicted octanol–water partition coefficient (Wildman–Crippen LogP) is 3.07. The zero-order valence-electron chi connectivity index (χ0n) is 21.1. The van der Waals surface area contributed by atoms with Gasteiger partial charge in [-0.15, -0.1) is 0 Å². The lowest BCUT2D eigenvalue weighted by atomic mass is 10.0. The smallest absolute Gasteiger partial charge is 0.321 e. The third-order valence-electron chi connectivity index (χ3n) is 6.40. The molecule has 1 saturated heterocycles. The molecule has 0 saturated carbocycles. The number of ether oxygens (including phenoxy) is 2. The molecule has 3 N–H and O–H groups in total. The van der Waals surface area contributed by atoms with Crippen LogP contribution in [-0.2, 0) is 16.0 Å². The first-order valence-electron chi connectivity index (χ1n) is 12.2. The van der Waals surface area contributed by atoms with Gasteiger partial charge in [0.05, 0.1) is 23.4 Å². The maximum absolute atomic E-state index is 12.0. The molecular weight excluding hydrogens is 472 g/mol. The number of likely N-dealkylation sites (tertiary alicyclic amines) is 1. The van der Waals surface area contributed by atoms with Crippen molar-refractivity contribution in [3.63, 3.8) is 0 Å². The second-order valence-electron chi connectivity index (χ2n) is 8.84. The van der Waals surface area contributed by atoms with Gasteiger partial charge in [0.1, 0.15) is 5.52 Å². The van der Waals surface area contributed by atoms with E-state index in [1.807, 2.05) is 31.3 Å². The third kappa shape index (κ3) is 5.43. The van der Waals surface area contributed by atoms with Crippen molar-refractivity contribution in [2.75, 3.05) is 39.2 Å². The van der Waals surface area contributed by atoms with Crippen molar-refractivity contribution in [2.24, 2.45) is 0 Å². The molecule has 11 heteroatoms. The van der Waals surface area contributed by atoms with E-state index < -0.39 is 0 Å². The highest BCUT2D eigenvalue weighted by Gasteiger charge is 2.32. The van der Waals surface area contributed by atoms with Crippen molar-refractivity contribution in [3.05, 3.63) is 54.6 Å². The van der Waals surface area contributed by atoms with Crippen LogP contribution in [0.15, 0.2) is 48.9 Å². The number of hydrogen-bond acceptors (Lipinski definition) is 8. The van der Waals surface area contributed by atoms with Crippen LogP contribution >= 0.6 is 0 Å². The number of nitrogens with zero attached hydrogens (tertiary/aromatic N) is 5. The molecule has 11 nitrogen and oxygen atoms in total. The number of carbonyl (C=O) groups excluding carboxylic acids is 1. The number of aromatic nitrogens is 5. The van der Waals surface area contributed by atoms with E-state index in [1.54, 1.807) is 32.7 Å². The van der Waals surface area contributed by atoms with Crippen LogP contribution in [0.5, 0.6) is 0 Å². The standard InChI is InChI=1S/C26H30N8O3/c1-4-27-26(35)33-25-31-20-11-17(10-19(23(20)32-25)24-28-8-5-9-29-24)16-6-7-18(30-12-16)13-34-14-21(36-2)22(15-34)37-3/h5-12,21-22H,4,13-15H2,1-3H3,(H3,27,31,32,33,35)/t21-,22-/m0/s1. The number of rotatable bonds is 8. The highest BCUT2D eigenvalue weighted by molar-refractivity contribution is 5.97. The van der Waals surface area contributed by atoms with Crippen LogP contribution in [-0.4, -0.2) is 81.9 Å². The fourth-order valence-corrected chi connectivity index (χ4v) is 4.58. The quantitative estimate of drug-likeness (QED) is 0.335. The number of amides is 2. The summed E-state index contributed by atoms with van der Waals surface area (Å²) in [5.74, 6) is 0.891. The zero-order chi connectivity index (χ0) is 25.8. The summed E-state index contributed by atoms with van der Waals surface area (Å²) in [6, 6.07) is 9.52. The number of anilines is 1. The maximum Gasteiger partial charge on any atom is 0.321 e. The lowest BCUT2D eigenvalue weighted by Gasteiger charge is -2.14. The summed E-state index contributed by atoms with van der Waals surface area (Å²) in [6.45, 7) is 4.70. The van der Waals surface area contributed by atoms with Gasteiger partial charge in [-0.1, -0.05) is 6.07 Å². The first-order chi connectivity index (χ1) is 18.1. The number of carbonyl (C=O) groups is 1. The van der Waals surface area contributed by atoms with Gasteiger partial charge in [-0.05, 0) is 36.8 Å². The van der Waals surface area contributed by atoms with Crippen LogP contribution in [0.4, 0.5) is 10.7 Å². The van der Waals surface area contributed by atoms with E-state index >= 15 is 0 Å². The molecule has 5 rings (SSSR count). The molecule has 4 aromatic rings. The number of fused-ring (bicyclic) bond motifs is 1. The highest BCUT2D eigenvalue weighted by Crippen LogP contribution is 2.32. The summed E-state index contributed by atoms with van der Waals surface area (Å²) in [5.41, 5.74) is 5.03. The summed E-state index contributed by atoms with van der Waals surface area (Å²) < 4.78 is 11.1. The summed E-state index contributed by atoms with van der Waals surface area (Å²) in [4.78, 5) is 35.7. The molecular formula is C26H30N8O3. The molecule has 0 bridgehead atoms. The number of nitrogens with one attached hydrogen (secondary N) is 3. The minimum absolute atomic E-state index is 0.0662. The van der Waals surface area contributed by atoms with E-state index in [4.69, 9.17) is 14.5 Å². The third-order valence-corrected chi connectivity index (χ3v) is 6.40. The average molecular weight is 503 g/mol. The van der Waals surface area contributed by atoms with E-state index in [0.717, 1.165) is 47.5 Å². The Morgan fingerprint density at radius 1 is 1.08 bits per heavy atom. The van der Waals surface area contributed by atoms with E-state index in [0.29, 0.717) is 23.8 Å². The number of aromatic amines is 1. The van der Waals surface area contributed by atoms with Crippen molar-refractivity contribution < 1.29 is 14.3 Å². The largest absolute Gasteiger partial charge is 0.377 e. The Balaban J connectivity index is 1.43. The van der Waals surface area contributed by atoms with Gasteiger partial charge in [0.25, 0.3) is 0 Å². The number of urea groups is 1. The van der Waals surface area contributed by atoms with Crippen molar-refractivity contribution in [3.8, 4) is 22.5 Å². The first-order valence-corrected chi connectivity index (χ1v) is 12.2. The Kier molecular flexibility index (Phi) is 7.35. The van der Waals surface area contributed by atoms with Crippen molar-refractivity contribution in [2.45, 2.75) is 25.7 Å². The van der Waals surface area contributed by atoms with E-state index in [2.05, 4.69) is 41.5 Å². The normalized spacial score (nSPS) is 17.8. The van der Waals surface area contributed by atoms with Crippen LogP contribution in [0.2, 0.25) is 0 Å². The Morgan fingerprint density at radius 2 is 1.84 bits per heavy atom. The number of pyridine rings is 1. The molecule has 3 aromatic heterocycles. The molecule has 1 aromatic carbocycles. The number of benzene rings is 1. The van der Waals surface area contributed by atoms with Crippen LogP contribution in [0.1, 0.15) is 12.6 Å². The van der Waals surface area contributed by atoms with Gasteiger partial charge in [-0.2, -0.15) is 0 Å². The summed E-state index contributed by atoms with van der Waals surface area (Å²) in [6.07, 6.45) is 5.39. The summed E-state index contributed by atoms with van der Waals surface area (Å²) >= 11 is 0. The molecule has 1 aliphatic heterocycles. The fourth-order valence-electron chi connectivity index (χ4n) is 4.58. The van der Waals surface area contributed by atoms with Gasteiger partial charge in [-0.25, -0.2) is 19.7 Å². The van der Waals surface area contributed by atoms with Crippen LogP contribution in [0, 0.1) is 0 Å². The van der Waals surface area contributed by atoms with Gasteiger partial charge in [0.2, 0.25) is 5.95 Å². The van der Waals surface area contributed by atoms with Gasteiger partial charge in [0.15, 0.2) is 5.82 Å². The second kappa shape index (κ2) is 11.0. The number of H-pyrrole nitrogens is 1. The fraction of sp³-hybridized carbons (Fsp3) is 0.346. The summed E-state index contributed by atoms with van der Waals surface area (Å²) in [7, 11) is 3.44. The number of imidazole rings is 1. The van der Waals surface area contributed by atoms with Gasteiger partial charge in [-0.3, -0.25) is 15.2 Å². The molecule has 192 valence electrons. The first kappa shape index (κ1) is 24.8. The number of methoxy groups -OCH3 is 2. The molecule has 0 unspecified atom stereocenters. The lowest BCUT2D eigenvalue weighted by Crippen LogP contribution is -2.28. The summed E-state index contributed by atoms with van der Waals surface area (Å²) in [5, 5.41) is 5.44. The Bertz CT molecular complexity index is 1350. The highest BCUT2D eigenvalue weighted by atomic mass is 16.5. The molecule has 4 heterocycles. The Hall–Kier alpha value is -3.93.